The number of benzene rings is 1. The van der Waals surface area contributed by atoms with Gasteiger partial charge in [-0.1, -0.05) is 6.07 Å². The minimum Gasteiger partial charge on any atom is -0.423 e. The van der Waals surface area contributed by atoms with Crippen LogP contribution in [0.2, 0.25) is 0 Å². The second-order valence-electron chi connectivity index (χ2n) is 3.60. The number of hydrogen-bond donors (Lipinski definition) is 1. The quantitative estimate of drug-likeness (QED) is 0.652. The summed E-state index contributed by atoms with van der Waals surface area (Å²) in [7, 11) is -0.909. The summed E-state index contributed by atoms with van der Waals surface area (Å²) in [6.45, 7) is 0.434. The molecule has 1 aromatic carbocycles. The van der Waals surface area contributed by atoms with Crippen LogP contribution in [0.5, 0.6) is 0 Å². The molecule has 1 N–H and O–H groups in total. The summed E-state index contributed by atoms with van der Waals surface area (Å²) >= 11 is 0. The molecule has 0 saturated carbocycles. The van der Waals surface area contributed by atoms with Crippen molar-refractivity contribution in [2.45, 2.75) is 0 Å². The fraction of sp³-hybridized carbons (Fsp3) is 0.300. The van der Waals surface area contributed by atoms with Crippen molar-refractivity contribution in [3.05, 3.63) is 28.3 Å². The van der Waals surface area contributed by atoms with E-state index in [2.05, 4.69) is 10.3 Å². The molecule has 1 aromatic heterocycles. The van der Waals surface area contributed by atoms with Gasteiger partial charge in [0.1, 0.15) is 0 Å². The van der Waals surface area contributed by atoms with Crippen molar-refractivity contribution in [3.8, 4) is 0 Å². The lowest BCUT2D eigenvalue weighted by molar-refractivity contribution is -0.383. The number of fused-ring (bicyclic) bond motifs is 1. The van der Waals surface area contributed by atoms with E-state index in [0.717, 1.165) is 0 Å². The fourth-order valence-electron chi connectivity index (χ4n) is 1.46. The van der Waals surface area contributed by atoms with Crippen molar-refractivity contribution in [3.63, 3.8) is 0 Å². The van der Waals surface area contributed by atoms with E-state index >= 15 is 0 Å². The van der Waals surface area contributed by atoms with Crippen LogP contribution < -0.4 is 5.32 Å². The Morgan fingerprint density at radius 1 is 1.56 bits per heavy atom. The van der Waals surface area contributed by atoms with E-state index in [1.807, 2.05) is 0 Å². The highest BCUT2D eigenvalue weighted by molar-refractivity contribution is 7.84. The zero-order valence-electron chi connectivity index (χ0n) is 9.58. The SMILES string of the molecule is CS(=O)CCNc1nc2c([N+](=O)[O-])cccc2o1. The van der Waals surface area contributed by atoms with Crippen molar-refractivity contribution in [2.75, 3.05) is 23.9 Å². The van der Waals surface area contributed by atoms with Crippen LogP contribution in [-0.4, -0.2) is 32.7 Å². The molecule has 18 heavy (non-hydrogen) atoms. The number of rotatable bonds is 5. The lowest BCUT2D eigenvalue weighted by Crippen LogP contribution is -2.09. The Balaban J connectivity index is 2.24. The molecule has 0 amide bonds. The Morgan fingerprint density at radius 2 is 2.33 bits per heavy atom. The maximum atomic E-state index is 10.9. The molecule has 2 aromatic rings. The molecule has 1 heterocycles. The van der Waals surface area contributed by atoms with Gasteiger partial charge < -0.3 is 9.73 Å². The maximum Gasteiger partial charge on any atom is 0.298 e. The van der Waals surface area contributed by atoms with Crippen molar-refractivity contribution < 1.29 is 13.5 Å². The fourth-order valence-corrected chi connectivity index (χ4v) is 1.85. The first kappa shape index (κ1) is 12.5. The molecule has 0 aliphatic carbocycles. The third-order valence-electron chi connectivity index (χ3n) is 2.26. The normalized spacial score (nSPS) is 12.5. The molecule has 8 heteroatoms. The summed E-state index contributed by atoms with van der Waals surface area (Å²) in [4.78, 5) is 14.3. The van der Waals surface area contributed by atoms with Gasteiger partial charge in [-0.2, -0.15) is 4.98 Å². The van der Waals surface area contributed by atoms with Gasteiger partial charge in [0.25, 0.3) is 11.7 Å². The average Bonchev–Trinajstić information content (AvgIpc) is 2.70. The van der Waals surface area contributed by atoms with Crippen LogP contribution in [0.15, 0.2) is 22.6 Å². The second-order valence-corrected chi connectivity index (χ2v) is 5.16. The summed E-state index contributed by atoms with van der Waals surface area (Å²) in [5.74, 6) is 0.459. The first-order valence-corrected chi connectivity index (χ1v) is 6.88. The van der Waals surface area contributed by atoms with E-state index in [1.54, 1.807) is 12.3 Å². The first-order chi connectivity index (χ1) is 8.58. The van der Waals surface area contributed by atoms with Crippen LogP contribution in [0, 0.1) is 10.1 Å². The van der Waals surface area contributed by atoms with Crippen molar-refractivity contribution in [1.29, 1.82) is 0 Å². The molecule has 0 saturated heterocycles. The number of nitrogens with one attached hydrogen (secondary N) is 1. The molecule has 2 rings (SSSR count). The van der Waals surface area contributed by atoms with E-state index in [1.165, 1.54) is 12.1 Å². The zero-order chi connectivity index (χ0) is 13.1. The van der Waals surface area contributed by atoms with Gasteiger partial charge >= 0.3 is 0 Å². The predicted octanol–water partition coefficient (Wildman–Crippen LogP) is 1.53. The lowest BCUT2D eigenvalue weighted by Gasteiger charge is -1.97. The van der Waals surface area contributed by atoms with Crippen LogP contribution >= 0.6 is 0 Å². The van der Waals surface area contributed by atoms with Gasteiger partial charge in [-0.25, -0.2) is 0 Å². The Bertz CT molecular complexity index is 610. The van der Waals surface area contributed by atoms with E-state index in [9.17, 15) is 14.3 Å². The summed E-state index contributed by atoms with van der Waals surface area (Å²) < 4.78 is 16.2. The van der Waals surface area contributed by atoms with E-state index < -0.39 is 15.7 Å². The number of nitrogens with zero attached hydrogens (tertiary/aromatic N) is 2. The number of non-ortho nitro benzene ring substituents is 1. The van der Waals surface area contributed by atoms with E-state index in [-0.39, 0.29) is 17.2 Å². The zero-order valence-corrected chi connectivity index (χ0v) is 10.4. The van der Waals surface area contributed by atoms with Gasteiger partial charge in [0.15, 0.2) is 11.1 Å². The van der Waals surface area contributed by atoms with E-state index in [0.29, 0.717) is 17.9 Å². The predicted molar refractivity (Wildman–Crippen MR) is 68.1 cm³/mol. The Hall–Kier alpha value is -1.96. The van der Waals surface area contributed by atoms with Gasteiger partial charge in [-0.05, 0) is 6.07 Å². The van der Waals surface area contributed by atoms with Crippen LogP contribution in [0.25, 0.3) is 11.1 Å². The summed E-state index contributed by atoms with van der Waals surface area (Å²) in [5, 5.41) is 13.6. The van der Waals surface area contributed by atoms with Gasteiger partial charge in [-0.3, -0.25) is 14.3 Å². The molecule has 7 nitrogen and oxygen atoms in total. The molecule has 0 radical (unpaired) electrons. The Labute approximate surface area is 105 Å². The molecule has 0 spiro atoms. The Kier molecular flexibility index (Phi) is 3.56. The number of oxazole rings is 1. The van der Waals surface area contributed by atoms with Gasteiger partial charge in [0.2, 0.25) is 0 Å². The molecule has 1 atom stereocenters. The minimum absolute atomic E-state index is 0.0941. The lowest BCUT2D eigenvalue weighted by atomic mass is 10.3. The molecular weight excluding hydrogens is 258 g/mol. The minimum atomic E-state index is -0.909. The molecule has 96 valence electrons. The van der Waals surface area contributed by atoms with Gasteiger partial charge in [0.05, 0.1) is 4.92 Å². The monoisotopic (exact) mass is 269 g/mol. The summed E-state index contributed by atoms with van der Waals surface area (Å²) in [6.07, 6.45) is 1.60. The smallest absolute Gasteiger partial charge is 0.298 e. The van der Waals surface area contributed by atoms with Crippen LogP contribution in [-0.2, 0) is 10.8 Å². The Morgan fingerprint density at radius 3 is 3.00 bits per heavy atom. The van der Waals surface area contributed by atoms with Gasteiger partial charge in [-0.15, -0.1) is 0 Å². The van der Waals surface area contributed by atoms with Crippen LogP contribution in [0.3, 0.4) is 0 Å². The molecule has 0 aliphatic rings. The topological polar surface area (TPSA) is 98.3 Å². The van der Waals surface area contributed by atoms with Gasteiger partial charge in [0, 0.05) is 35.4 Å². The molecule has 0 aliphatic heterocycles. The summed E-state index contributed by atoms with van der Waals surface area (Å²) in [6, 6.07) is 4.72. The number of hydrogen-bond acceptors (Lipinski definition) is 6. The largest absolute Gasteiger partial charge is 0.423 e. The van der Waals surface area contributed by atoms with Crippen molar-refractivity contribution in [2.24, 2.45) is 0 Å². The number of nitro benzene ring substituents is 1. The number of aromatic nitrogens is 1. The number of anilines is 1. The highest BCUT2D eigenvalue weighted by Gasteiger charge is 2.16. The van der Waals surface area contributed by atoms with Crippen LogP contribution in [0.1, 0.15) is 0 Å². The average molecular weight is 269 g/mol. The first-order valence-electron chi connectivity index (χ1n) is 5.16. The van der Waals surface area contributed by atoms with Crippen LogP contribution in [0.4, 0.5) is 11.7 Å². The number of nitro groups is 1. The second kappa shape index (κ2) is 5.13. The third-order valence-corrected chi connectivity index (χ3v) is 3.04. The van der Waals surface area contributed by atoms with E-state index in [4.69, 9.17) is 4.42 Å². The number of para-hydroxylation sites is 1. The molecule has 1 unspecified atom stereocenters. The van der Waals surface area contributed by atoms with Crippen molar-refractivity contribution in [1.82, 2.24) is 4.98 Å². The molecule has 0 fully saturated rings. The molecule has 0 bridgehead atoms. The maximum absolute atomic E-state index is 10.9. The standard InChI is InChI=1S/C10H11N3O4S/c1-18(16)6-5-11-10-12-9-7(13(14)15)3-2-4-8(9)17-10/h2-4H,5-6H2,1H3,(H,11,12). The highest BCUT2D eigenvalue weighted by Crippen LogP contribution is 2.27. The summed E-state index contributed by atoms with van der Waals surface area (Å²) in [5.41, 5.74) is 0.468. The molecular formula is C10H11N3O4S. The van der Waals surface area contributed by atoms with Crippen molar-refractivity contribution >= 4 is 33.6 Å². The highest BCUT2D eigenvalue weighted by atomic mass is 32.2. The third kappa shape index (κ3) is 2.65.